The topological polar surface area (TPSA) is 46.6 Å². The highest BCUT2D eigenvalue weighted by Gasteiger charge is 2.31. The number of halogens is 2. The summed E-state index contributed by atoms with van der Waals surface area (Å²) in [5.41, 5.74) is 1.98. The first-order valence-electron chi connectivity index (χ1n) is 8.73. The maximum absolute atomic E-state index is 12.1. The van der Waals surface area contributed by atoms with Crippen LogP contribution in [0.1, 0.15) is 11.1 Å². The molecule has 1 fully saturated rings. The zero-order valence-electron chi connectivity index (χ0n) is 15.3. The summed E-state index contributed by atoms with van der Waals surface area (Å²) in [6, 6.07) is 18.5. The number of nitrogens with zero attached hydrogens (tertiary/aromatic N) is 1. The molecule has 2 amide bonds. The zero-order valence-corrected chi connectivity index (χ0v) is 20.4. The number of ether oxygens (including phenoxy) is 1. The minimum atomic E-state index is -0.262. The van der Waals surface area contributed by atoms with Crippen molar-refractivity contribution in [2.24, 2.45) is 0 Å². The molecule has 0 aliphatic carbocycles. The highest BCUT2D eigenvalue weighted by atomic mass is 127. The predicted octanol–water partition coefficient (Wildman–Crippen LogP) is 6.29. The Bertz CT molecular complexity index is 1150. The van der Waals surface area contributed by atoms with E-state index in [1.54, 1.807) is 6.08 Å². The lowest BCUT2D eigenvalue weighted by Gasteiger charge is -2.12. The molecule has 0 bridgehead atoms. The van der Waals surface area contributed by atoms with Gasteiger partial charge >= 0.3 is 0 Å². The van der Waals surface area contributed by atoms with Gasteiger partial charge in [-0.1, -0.05) is 36.4 Å². The number of imide groups is 1. The van der Waals surface area contributed by atoms with E-state index in [1.165, 1.54) is 17.8 Å². The third-order valence-corrected chi connectivity index (χ3v) is 7.07. The van der Waals surface area contributed by atoms with Gasteiger partial charge in [0.2, 0.25) is 0 Å². The SMILES string of the molecule is CN1C(=O)S/C(=C\c2cc(I)c(OCc3ccc4ccccc4c3)c(I)c2)C1=O. The van der Waals surface area contributed by atoms with E-state index in [1.807, 2.05) is 24.3 Å². The Hall–Kier alpha value is -1.59. The van der Waals surface area contributed by atoms with Gasteiger partial charge in [0.1, 0.15) is 12.4 Å². The van der Waals surface area contributed by atoms with Crippen molar-refractivity contribution >= 4 is 84.9 Å². The Morgan fingerprint density at radius 1 is 1.00 bits per heavy atom. The van der Waals surface area contributed by atoms with Crippen molar-refractivity contribution in [1.82, 2.24) is 4.90 Å². The van der Waals surface area contributed by atoms with Crippen LogP contribution < -0.4 is 4.74 Å². The van der Waals surface area contributed by atoms with Gasteiger partial charge in [-0.05, 0) is 103 Å². The maximum atomic E-state index is 12.1. The molecule has 1 aliphatic rings. The van der Waals surface area contributed by atoms with E-state index in [9.17, 15) is 9.59 Å². The minimum Gasteiger partial charge on any atom is -0.487 e. The lowest BCUT2D eigenvalue weighted by molar-refractivity contribution is -0.121. The Morgan fingerprint density at radius 3 is 2.34 bits per heavy atom. The molecule has 1 heterocycles. The van der Waals surface area contributed by atoms with Crippen LogP contribution in [0.2, 0.25) is 0 Å². The molecule has 0 aromatic heterocycles. The molecule has 0 saturated carbocycles. The molecule has 0 spiro atoms. The number of amides is 2. The van der Waals surface area contributed by atoms with Gasteiger partial charge < -0.3 is 4.74 Å². The number of hydrogen-bond donors (Lipinski definition) is 0. The fourth-order valence-corrected chi connectivity index (χ4v) is 5.94. The number of carbonyl (C=O) groups excluding carboxylic acids is 2. The van der Waals surface area contributed by atoms with Crippen molar-refractivity contribution in [3.8, 4) is 5.75 Å². The summed E-state index contributed by atoms with van der Waals surface area (Å²) in [5.74, 6) is 0.557. The number of benzene rings is 3. The van der Waals surface area contributed by atoms with Crippen LogP contribution in [-0.4, -0.2) is 23.1 Å². The van der Waals surface area contributed by atoms with E-state index in [0.29, 0.717) is 11.5 Å². The summed E-state index contributed by atoms with van der Waals surface area (Å²) < 4.78 is 8.02. The highest BCUT2D eigenvalue weighted by Crippen LogP contribution is 2.34. The lowest BCUT2D eigenvalue weighted by atomic mass is 10.1. The number of hydrogen-bond acceptors (Lipinski definition) is 4. The number of likely N-dealkylation sites (N-methyl/N-ethyl adjacent to an activating group) is 1. The van der Waals surface area contributed by atoms with Crippen molar-refractivity contribution in [2.45, 2.75) is 6.61 Å². The fraction of sp³-hybridized carbons (Fsp3) is 0.0909. The van der Waals surface area contributed by atoms with E-state index in [0.717, 1.165) is 40.7 Å². The second-order valence-corrected chi connectivity index (χ2v) is 9.84. The Labute approximate surface area is 200 Å². The molecule has 7 heteroatoms. The standard InChI is InChI=1S/C22H15I2NO3S/c1-25-21(26)19(29-22(25)27)11-14-9-17(23)20(18(24)10-14)28-12-13-6-7-15-4-2-3-5-16(15)8-13/h2-11H,12H2,1H3/b19-11-. The molecule has 1 saturated heterocycles. The molecule has 0 N–H and O–H groups in total. The van der Waals surface area contributed by atoms with Crippen LogP contribution in [0.5, 0.6) is 5.75 Å². The van der Waals surface area contributed by atoms with Gasteiger partial charge in [0.15, 0.2) is 0 Å². The molecule has 29 heavy (non-hydrogen) atoms. The molecule has 3 aromatic rings. The van der Waals surface area contributed by atoms with Crippen molar-refractivity contribution in [3.05, 3.63) is 77.8 Å². The molecule has 0 radical (unpaired) electrons. The molecule has 4 nitrogen and oxygen atoms in total. The smallest absolute Gasteiger partial charge is 0.293 e. The summed E-state index contributed by atoms with van der Waals surface area (Å²) >= 11 is 5.44. The van der Waals surface area contributed by atoms with E-state index in [-0.39, 0.29) is 11.1 Å². The molecular formula is C22H15I2NO3S. The van der Waals surface area contributed by atoms with Gasteiger partial charge in [0.25, 0.3) is 11.1 Å². The first-order valence-corrected chi connectivity index (χ1v) is 11.7. The summed E-state index contributed by atoms with van der Waals surface area (Å²) in [4.78, 5) is 25.3. The predicted molar refractivity (Wildman–Crippen MR) is 134 cm³/mol. The minimum absolute atomic E-state index is 0.249. The van der Waals surface area contributed by atoms with Gasteiger partial charge in [0, 0.05) is 7.05 Å². The first-order chi connectivity index (χ1) is 13.9. The average Bonchev–Trinajstić information content (AvgIpc) is 2.94. The lowest BCUT2D eigenvalue weighted by Crippen LogP contribution is -2.22. The van der Waals surface area contributed by atoms with Gasteiger partial charge in [-0.3, -0.25) is 14.5 Å². The number of carbonyl (C=O) groups is 2. The molecule has 1 aliphatic heterocycles. The largest absolute Gasteiger partial charge is 0.487 e. The number of thioether (sulfide) groups is 1. The van der Waals surface area contributed by atoms with Gasteiger partial charge in [-0.25, -0.2) is 0 Å². The van der Waals surface area contributed by atoms with Crippen LogP contribution >= 0.6 is 56.9 Å². The van der Waals surface area contributed by atoms with Crippen molar-refractivity contribution in [1.29, 1.82) is 0 Å². The molecular weight excluding hydrogens is 612 g/mol. The zero-order chi connectivity index (χ0) is 20.5. The second-order valence-electron chi connectivity index (χ2n) is 6.52. The maximum Gasteiger partial charge on any atom is 0.293 e. The molecule has 146 valence electrons. The Balaban J connectivity index is 1.54. The Morgan fingerprint density at radius 2 is 1.69 bits per heavy atom. The van der Waals surface area contributed by atoms with E-state index in [2.05, 4.69) is 75.5 Å². The van der Waals surface area contributed by atoms with Crippen LogP contribution in [0, 0.1) is 7.14 Å². The molecule has 4 rings (SSSR count). The van der Waals surface area contributed by atoms with Gasteiger partial charge in [-0.15, -0.1) is 0 Å². The monoisotopic (exact) mass is 627 g/mol. The van der Waals surface area contributed by atoms with Crippen molar-refractivity contribution in [2.75, 3.05) is 7.05 Å². The van der Waals surface area contributed by atoms with Gasteiger partial charge in [0.05, 0.1) is 12.0 Å². The summed E-state index contributed by atoms with van der Waals surface area (Å²) in [6.45, 7) is 0.477. The number of rotatable bonds is 4. The van der Waals surface area contributed by atoms with Crippen LogP contribution in [-0.2, 0) is 11.4 Å². The van der Waals surface area contributed by atoms with Crippen molar-refractivity contribution in [3.63, 3.8) is 0 Å². The van der Waals surface area contributed by atoms with Crippen molar-refractivity contribution < 1.29 is 14.3 Å². The van der Waals surface area contributed by atoms with E-state index < -0.39 is 0 Å². The number of fused-ring (bicyclic) bond motifs is 1. The third kappa shape index (κ3) is 4.46. The summed E-state index contributed by atoms with van der Waals surface area (Å²) in [5, 5.41) is 2.15. The van der Waals surface area contributed by atoms with Crippen LogP contribution in [0.15, 0.2) is 59.5 Å². The molecule has 0 atom stereocenters. The molecule has 3 aromatic carbocycles. The summed E-state index contributed by atoms with van der Waals surface area (Å²) in [6.07, 6.45) is 1.76. The Kier molecular flexibility index (Phi) is 6.16. The second kappa shape index (κ2) is 8.65. The average molecular weight is 627 g/mol. The van der Waals surface area contributed by atoms with Crippen LogP contribution in [0.4, 0.5) is 4.79 Å². The third-order valence-electron chi connectivity index (χ3n) is 4.50. The van der Waals surface area contributed by atoms with Gasteiger partial charge in [-0.2, -0.15) is 0 Å². The first kappa shape index (κ1) is 20.7. The van der Waals surface area contributed by atoms with Crippen LogP contribution in [0.3, 0.4) is 0 Å². The fourth-order valence-electron chi connectivity index (χ4n) is 2.98. The summed E-state index contributed by atoms with van der Waals surface area (Å²) in [7, 11) is 1.50. The quantitative estimate of drug-likeness (QED) is 0.252. The van der Waals surface area contributed by atoms with E-state index in [4.69, 9.17) is 4.74 Å². The highest BCUT2D eigenvalue weighted by molar-refractivity contribution is 14.1. The molecule has 0 unspecified atom stereocenters. The van der Waals surface area contributed by atoms with E-state index >= 15 is 0 Å². The normalized spacial score (nSPS) is 15.6. The van der Waals surface area contributed by atoms with Crippen LogP contribution in [0.25, 0.3) is 16.8 Å².